The molecule has 0 spiro atoms. The molecule has 1 heterocycles. The molecule has 3 N–H and O–H groups in total. The van der Waals surface area contributed by atoms with Gasteiger partial charge in [-0.3, -0.25) is 4.79 Å². The lowest BCUT2D eigenvalue weighted by Gasteiger charge is -2.12. The lowest BCUT2D eigenvalue weighted by atomic mass is 10.4. The predicted octanol–water partition coefficient (Wildman–Crippen LogP) is -0.0379. The SMILES string of the molecule is CCNC(=O)C(C)S(=O)(=O)c1ncccc1N. The summed E-state index contributed by atoms with van der Waals surface area (Å²) >= 11 is 0. The molecule has 17 heavy (non-hydrogen) atoms. The van der Waals surface area contributed by atoms with Crippen LogP contribution in [0.1, 0.15) is 13.8 Å². The van der Waals surface area contributed by atoms with Crippen molar-refractivity contribution in [3.8, 4) is 0 Å². The smallest absolute Gasteiger partial charge is 0.238 e. The van der Waals surface area contributed by atoms with Crippen molar-refractivity contribution < 1.29 is 13.2 Å². The van der Waals surface area contributed by atoms with Gasteiger partial charge in [-0.15, -0.1) is 0 Å². The molecule has 0 bridgehead atoms. The Balaban J connectivity index is 3.12. The van der Waals surface area contributed by atoms with E-state index >= 15 is 0 Å². The van der Waals surface area contributed by atoms with Crippen LogP contribution in [0.2, 0.25) is 0 Å². The standard InChI is InChI=1S/C10H15N3O3S/c1-3-12-9(14)7(2)17(15,16)10-8(11)5-4-6-13-10/h4-7H,3,11H2,1-2H3,(H,12,14). The Labute approximate surface area is 100 Å². The van der Waals surface area contributed by atoms with Gasteiger partial charge in [0.25, 0.3) is 0 Å². The monoisotopic (exact) mass is 257 g/mol. The van der Waals surface area contributed by atoms with Crippen molar-refractivity contribution in [3.05, 3.63) is 18.3 Å². The molecule has 6 nitrogen and oxygen atoms in total. The highest BCUT2D eigenvalue weighted by Crippen LogP contribution is 2.19. The van der Waals surface area contributed by atoms with Crippen molar-refractivity contribution in [3.63, 3.8) is 0 Å². The van der Waals surface area contributed by atoms with Crippen molar-refractivity contribution in [1.29, 1.82) is 0 Å². The van der Waals surface area contributed by atoms with Gasteiger partial charge >= 0.3 is 0 Å². The van der Waals surface area contributed by atoms with E-state index in [0.29, 0.717) is 6.54 Å². The van der Waals surface area contributed by atoms with Crippen LogP contribution in [0.15, 0.2) is 23.4 Å². The first-order valence-electron chi connectivity index (χ1n) is 5.13. The van der Waals surface area contributed by atoms with Gasteiger partial charge < -0.3 is 11.1 Å². The van der Waals surface area contributed by atoms with Crippen LogP contribution in [0.4, 0.5) is 5.69 Å². The number of nitrogens with two attached hydrogens (primary N) is 1. The summed E-state index contributed by atoms with van der Waals surface area (Å²) in [5.74, 6) is -0.558. The quantitative estimate of drug-likeness (QED) is 0.788. The van der Waals surface area contributed by atoms with E-state index in [-0.39, 0.29) is 10.7 Å². The lowest BCUT2D eigenvalue weighted by molar-refractivity contribution is -0.120. The highest BCUT2D eigenvalue weighted by Gasteiger charge is 2.31. The molecule has 0 fully saturated rings. The van der Waals surface area contributed by atoms with Crippen molar-refractivity contribution in [2.24, 2.45) is 0 Å². The summed E-state index contributed by atoms with van der Waals surface area (Å²) in [6.07, 6.45) is 1.33. The van der Waals surface area contributed by atoms with Gasteiger partial charge in [0.15, 0.2) is 5.03 Å². The topological polar surface area (TPSA) is 102 Å². The third-order valence-electron chi connectivity index (χ3n) is 2.26. The third kappa shape index (κ3) is 2.73. The molecule has 1 rings (SSSR count). The fourth-order valence-electron chi connectivity index (χ4n) is 1.27. The Morgan fingerprint density at radius 2 is 2.24 bits per heavy atom. The average molecular weight is 257 g/mol. The number of nitrogens with one attached hydrogen (secondary N) is 1. The maximum Gasteiger partial charge on any atom is 0.238 e. The van der Waals surface area contributed by atoms with Crippen molar-refractivity contribution in [1.82, 2.24) is 10.3 Å². The number of carbonyl (C=O) groups excluding carboxylic acids is 1. The second kappa shape index (κ2) is 5.13. The molecule has 1 aromatic heterocycles. The van der Waals surface area contributed by atoms with E-state index in [2.05, 4.69) is 10.3 Å². The molecule has 1 unspecified atom stereocenters. The molecular weight excluding hydrogens is 242 g/mol. The first-order valence-corrected chi connectivity index (χ1v) is 6.68. The Hall–Kier alpha value is -1.63. The number of amides is 1. The number of pyridine rings is 1. The summed E-state index contributed by atoms with van der Waals surface area (Å²) in [6, 6.07) is 2.97. The molecule has 0 aliphatic carbocycles. The number of rotatable bonds is 4. The molecule has 1 atom stereocenters. The van der Waals surface area contributed by atoms with Crippen LogP contribution < -0.4 is 11.1 Å². The summed E-state index contributed by atoms with van der Waals surface area (Å²) in [6.45, 7) is 3.40. The van der Waals surface area contributed by atoms with E-state index in [4.69, 9.17) is 5.73 Å². The molecule has 0 aliphatic heterocycles. The van der Waals surface area contributed by atoms with Gasteiger partial charge in [0.1, 0.15) is 5.25 Å². The van der Waals surface area contributed by atoms with Crippen LogP contribution in [0.3, 0.4) is 0 Å². The van der Waals surface area contributed by atoms with Crippen molar-refractivity contribution >= 4 is 21.4 Å². The number of sulfone groups is 1. The van der Waals surface area contributed by atoms with E-state index in [0.717, 1.165) is 0 Å². The van der Waals surface area contributed by atoms with Gasteiger partial charge in [0.05, 0.1) is 5.69 Å². The fraction of sp³-hybridized carbons (Fsp3) is 0.400. The fourth-order valence-corrected chi connectivity index (χ4v) is 2.57. The molecule has 0 aliphatic rings. The first-order chi connectivity index (χ1) is 7.91. The van der Waals surface area contributed by atoms with Gasteiger partial charge in [0, 0.05) is 12.7 Å². The van der Waals surface area contributed by atoms with Crippen LogP contribution in [0.25, 0.3) is 0 Å². The molecule has 94 valence electrons. The molecule has 0 radical (unpaired) electrons. The molecule has 0 saturated carbocycles. The number of hydrogen-bond acceptors (Lipinski definition) is 5. The largest absolute Gasteiger partial charge is 0.396 e. The maximum atomic E-state index is 12.1. The third-order valence-corrected chi connectivity index (χ3v) is 4.28. The Morgan fingerprint density at radius 3 is 2.76 bits per heavy atom. The molecule has 0 saturated heterocycles. The minimum atomic E-state index is -3.84. The number of nitrogens with zero attached hydrogens (tertiary/aromatic N) is 1. The summed E-state index contributed by atoms with van der Waals surface area (Å²) in [4.78, 5) is 15.2. The lowest BCUT2D eigenvalue weighted by Crippen LogP contribution is -2.38. The average Bonchev–Trinajstić information content (AvgIpc) is 2.28. The summed E-state index contributed by atoms with van der Waals surface area (Å²) < 4.78 is 24.1. The Bertz CT molecular complexity index is 513. The van der Waals surface area contributed by atoms with E-state index in [9.17, 15) is 13.2 Å². The number of hydrogen-bond donors (Lipinski definition) is 2. The normalized spacial score (nSPS) is 13.1. The van der Waals surface area contributed by atoms with Crippen LogP contribution in [0, 0.1) is 0 Å². The Kier molecular flexibility index (Phi) is 4.06. The number of nitrogen functional groups attached to an aromatic ring is 1. The van der Waals surface area contributed by atoms with Crippen LogP contribution in [-0.4, -0.2) is 31.1 Å². The van der Waals surface area contributed by atoms with E-state index < -0.39 is 21.0 Å². The zero-order chi connectivity index (χ0) is 13.1. The van der Waals surface area contributed by atoms with Gasteiger partial charge in [-0.05, 0) is 26.0 Å². The predicted molar refractivity (Wildman–Crippen MR) is 64.0 cm³/mol. The van der Waals surface area contributed by atoms with Crippen LogP contribution >= 0.6 is 0 Å². The molecule has 1 amide bonds. The highest BCUT2D eigenvalue weighted by atomic mass is 32.2. The zero-order valence-corrected chi connectivity index (χ0v) is 10.5. The maximum absolute atomic E-state index is 12.1. The van der Waals surface area contributed by atoms with Crippen molar-refractivity contribution in [2.75, 3.05) is 12.3 Å². The second-order valence-corrected chi connectivity index (χ2v) is 5.66. The summed E-state index contributed by atoms with van der Waals surface area (Å²) in [5, 5.41) is 0.994. The number of carbonyl (C=O) groups is 1. The van der Waals surface area contributed by atoms with Gasteiger partial charge in [0.2, 0.25) is 15.7 Å². The second-order valence-electron chi connectivity index (χ2n) is 3.48. The van der Waals surface area contributed by atoms with Crippen molar-refractivity contribution in [2.45, 2.75) is 24.1 Å². The minimum Gasteiger partial charge on any atom is -0.396 e. The highest BCUT2D eigenvalue weighted by molar-refractivity contribution is 7.92. The van der Waals surface area contributed by atoms with E-state index in [1.165, 1.54) is 25.3 Å². The van der Waals surface area contributed by atoms with E-state index in [1.54, 1.807) is 6.92 Å². The van der Waals surface area contributed by atoms with Gasteiger partial charge in [-0.25, -0.2) is 13.4 Å². The van der Waals surface area contributed by atoms with Gasteiger partial charge in [-0.1, -0.05) is 0 Å². The molecule has 7 heteroatoms. The summed E-state index contributed by atoms with van der Waals surface area (Å²) in [5.41, 5.74) is 5.59. The molecule has 1 aromatic rings. The van der Waals surface area contributed by atoms with Crippen LogP contribution in [0.5, 0.6) is 0 Å². The Morgan fingerprint density at radius 1 is 1.59 bits per heavy atom. The van der Waals surface area contributed by atoms with Crippen LogP contribution in [-0.2, 0) is 14.6 Å². The molecule has 0 aromatic carbocycles. The minimum absolute atomic E-state index is 0.0450. The zero-order valence-electron chi connectivity index (χ0n) is 9.67. The number of anilines is 1. The number of aromatic nitrogens is 1. The molecular formula is C10H15N3O3S. The summed E-state index contributed by atoms with van der Waals surface area (Å²) in [7, 11) is -3.84. The first kappa shape index (κ1) is 13.4. The van der Waals surface area contributed by atoms with E-state index in [1.807, 2.05) is 0 Å². The van der Waals surface area contributed by atoms with Gasteiger partial charge in [-0.2, -0.15) is 0 Å².